The molecule has 0 fully saturated rings. The molecule has 152 valence electrons. The summed E-state index contributed by atoms with van der Waals surface area (Å²) in [5.41, 5.74) is 5.27. The molecule has 1 aromatic heterocycles. The van der Waals surface area contributed by atoms with E-state index in [1.165, 1.54) is 5.56 Å². The van der Waals surface area contributed by atoms with Crippen LogP contribution in [0.25, 0.3) is 0 Å². The molecule has 0 saturated heterocycles. The van der Waals surface area contributed by atoms with Crippen molar-refractivity contribution in [3.05, 3.63) is 52.3 Å². The van der Waals surface area contributed by atoms with Crippen LogP contribution in [0.3, 0.4) is 0 Å². The highest BCUT2D eigenvalue weighted by Crippen LogP contribution is 2.24. The number of aliphatic imine (C=N–C) groups is 1. The Bertz CT molecular complexity index is 832. The van der Waals surface area contributed by atoms with Gasteiger partial charge in [0.1, 0.15) is 11.5 Å². The zero-order chi connectivity index (χ0) is 20.7. The van der Waals surface area contributed by atoms with E-state index in [-0.39, 0.29) is 6.10 Å². The molecule has 0 radical (unpaired) electrons. The maximum Gasteiger partial charge on any atom is 0.191 e. The number of ether oxygens (including phenoxy) is 2. The van der Waals surface area contributed by atoms with Gasteiger partial charge in [0, 0.05) is 36.5 Å². The summed E-state index contributed by atoms with van der Waals surface area (Å²) < 4.78 is 11.4. The number of pyridine rings is 1. The van der Waals surface area contributed by atoms with Gasteiger partial charge in [0.2, 0.25) is 0 Å². The minimum Gasteiger partial charge on any atom is -0.496 e. The number of hydrogen-bond donors (Lipinski definition) is 2. The van der Waals surface area contributed by atoms with Gasteiger partial charge in [-0.15, -0.1) is 0 Å². The van der Waals surface area contributed by atoms with Crippen molar-refractivity contribution in [2.75, 3.05) is 14.2 Å². The number of methoxy groups -OCH3 is 1. The summed E-state index contributed by atoms with van der Waals surface area (Å²) in [7, 11) is 3.44. The van der Waals surface area contributed by atoms with Crippen molar-refractivity contribution in [1.82, 2.24) is 15.6 Å². The van der Waals surface area contributed by atoms with E-state index in [0.717, 1.165) is 33.9 Å². The summed E-state index contributed by atoms with van der Waals surface area (Å²) in [5, 5.41) is 6.67. The Balaban J connectivity index is 2.03. The second kappa shape index (κ2) is 9.97. The molecule has 1 aromatic carbocycles. The normalized spacial score (nSPS) is 11.5. The van der Waals surface area contributed by atoms with Gasteiger partial charge < -0.3 is 20.1 Å². The Morgan fingerprint density at radius 3 is 2.50 bits per heavy atom. The van der Waals surface area contributed by atoms with Crippen molar-refractivity contribution in [3.8, 4) is 11.5 Å². The van der Waals surface area contributed by atoms with Crippen LogP contribution in [0, 0.1) is 20.8 Å². The van der Waals surface area contributed by atoms with Crippen molar-refractivity contribution < 1.29 is 9.47 Å². The molecule has 0 aliphatic heterocycles. The van der Waals surface area contributed by atoms with Gasteiger partial charge in [-0.1, -0.05) is 12.1 Å². The molecular formula is C22H32N4O2. The number of nitrogens with one attached hydrogen (secondary N) is 2. The minimum atomic E-state index is 0.128. The van der Waals surface area contributed by atoms with Gasteiger partial charge in [-0.25, -0.2) is 0 Å². The highest BCUT2D eigenvalue weighted by molar-refractivity contribution is 5.79. The first-order valence-corrected chi connectivity index (χ1v) is 9.55. The second-order valence-corrected chi connectivity index (χ2v) is 7.10. The molecular weight excluding hydrogens is 352 g/mol. The number of aryl methyl sites for hydroxylation is 2. The number of hydrogen-bond acceptors (Lipinski definition) is 4. The van der Waals surface area contributed by atoms with E-state index in [1.54, 1.807) is 14.2 Å². The van der Waals surface area contributed by atoms with Crippen LogP contribution in [0.2, 0.25) is 0 Å². The van der Waals surface area contributed by atoms with E-state index in [1.807, 2.05) is 33.9 Å². The van der Waals surface area contributed by atoms with Crippen molar-refractivity contribution in [3.63, 3.8) is 0 Å². The molecule has 1 heterocycles. The predicted octanol–water partition coefficient (Wildman–Crippen LogP) is 3.67. The smallest absolute Gasteiger partial charge is 0.191 e. The summed E-state index contributed by atoms with van der Waals surface area (Å²) in [6, 6.07) is 6.25. The lowest BCUT2D eigenvalue weighted by molar-refractivity contribution is 0.239. The molecule has 2 rings (SSSR count). The van der Waals surface area contributed by atoms with E-state index in [0.29, 0.717) is 19.0 Å². The maximum atomic E-state index is 5.95. The molecule has 0 spiro atoms. The van der Waals surface area contributed by atoms with Crippen LogP contribution < -0.4 is 20.1 Å². The van der Waals surface area contributed by atoms with E-state index >= 15 is 0 Å². The Kier molecular flexibility index (Phi) is 7.67. The van der Waals surface area contributed by atoms with E-state index in [4.69, 9.17) is 9.47 Å². The Morgan fingerprint density at radius 1 is 1.14 bits per heavy atom. The monoisotopic (exact) mass is 384 g/mol. The first-order valence-electron chi connectivity index (χ1n) is 9.55. The standard InChI is InChI=1S/C22H32N4O2/c1-14(2)28-20-10-15(3)8-9-18(20)12-25-22(23-6)26-13-19-17(5)21(27-7)16(4)11-24-19/h8-11,14H,12-13H2,1-7H3,(H2,23,25,26). The zero-order valence-corrected chi connectivity index (χ0v) is 18.0. The van der Waals surface area contributed by atoms with E-state index in [9.17, 15) is 0 Å². The Morgan fingerprint density at radius 2 is 1.86 bits per heavy atom. The molecule has 6 nitrogen and oxygen atoms in total. The quantitative estimate of drug-likeness (QED) is 0.563. The van der Waals surface area contributed by atoms with Gasteiger partial charge in [0.05, 0.1) is 25.5 Å². The summed E-state index contributed by atoms with van der Waals surface area (Å²) in [6.45, 7) is 11.3. The largest absolute Gasteiger partial charge is 0.496 e. The fraction of sp³-hybridized carbons (Fsp3) is 0.455. The topological polar surface area (TPSA) is 67.8 Å². The molecule has 0 bridgehead atoms. The fourth-order valence-corrected chi connectivity index (χ4v) is 2.99. The Hall–Kier alpha value is -2.76. The van der Waals surface area contributed by atoms with Gasteiger partial charge in [-0.2, -0.15) is 0 Å². The third kappa shape index (κ3) is 5.62. The van der Waals surface area contributed by atoms with Crippen molar-refractivity contribution in [2.45, 2.75) is 53.8 Å². The van der Waals surface area contributed by atoms with Crippen molar-refractivity contribution in [1.29, 1.82) is 0 Å². The molecule has 0 unspecified atom stereocenters. The fourth-order valence-electron chi connectivity index (χ4n) is 2.99. The lowest BCUT2D eigenvalue weighted by Gasteiger charge is -2.17. The number of aromatic nitrogens is 1. The molecule has 0 saturated carbocycles. The number of nitrogens with zero attached hydrogens (tertiary/aromatic N) is 2. The molecule has 2 aromatic rings. The molecule has 28 heavy (non-hydrogen) atoms. The summed E-state index contributed by atoms with van der Waals surface area (Å²) in [5.74, 6) is 2.49. The van der Waals surface area contributed by atoms with Crippen LogP contribution in [0.1, 0.15) is 41.8 Å². The molecule has 0 atom stereocenters. The van der Waals surface area contributed by atoms with Gasteiger partial charge in [0.25, 0.3) is 0 Å². The first kappa shape index (κ1) is 21.5. The number of benzene rings is 1. The first-order chi connectivity index (χ1) is 13.3. The molecule has 0 aliphatic rings. The third-order valence-corrected chi connectivity index (χ3v) is 4.43. The van der Waals surface area contributed by atoms with Crippen LogP contribution >= 0.6 is 0 Å². The third-order valence-electron chi connectivity index (χ3n) is 4.43. The molecule has 2 N–H and O–H groups in total. The molecule has 6 heteroatoms. The van der Waals surface area contributed by atoms with Crippen LogP contribution in [-0.4, -0.2) is 31.2 Å². The summed E-state index contributed by atoms with van der Waals surface area (Å²) in [4.78, 5) is 8.83. The van der Waals surface area contributed by atoms with Gasteiger partial charge >= 0.3 is 0 Å². The summed E-state index contributed by atoms with van der Waals surface area (Å²) in [6.07, 6.45) is 1.96. The average molecular weight is 385 g/mol. The summed E-state index contributed by atoms with van der Waals surface area (Å²) >= 11 is 0. The van der Waals surface area contributed by atoms with Gasteiger partial charge in [-0.3, -0.25) is 9.98 Å². The van der Waals surface area contributed by atoms with Gasteiger partial charge in [-0.05, 0) is 46.2 Å². The average Bonchev–Trinajstić information content (AvgIpc) is 2.64. The number of guanidine groups is 1. The van der Waals surface area contributed by atoms with Crippen LogP contribution in [-0.2, 0) is 13.1 Å². The number of rotatable bonds is 7. The Labute approximate surface area is 168 Å². The van der Waals surface area contributed by atoms with E-state index < -0.39 is 0 Å². The van der Waals surface area contributed by atoms with Gasteiger partial charge in [0.15, 0.2) is 5.96 Å². The molecule has 0 amide bonds. The highest BCUT2D eigenvalue weighted by Gasteiger charge is 2.11. The van der Waals surface area contributed by atoms with Crippen molar-refractivity contribution in [2.24, 2.45) is 4.99 Å². The highest BCUT2D eigenvalue weighted by atomic mass is 16.5. The van der Waals surface area contributed by atoms with Crippen LogP contribution in [0.5, 0.6) is 11.5 Å². The van der Waals surface area contributed by atoms with Crippen molar-refractivity contribution >= 4 is 5.96 Å². The lowest BCUT2D eigenvalue weighted by atomic mass is 10.1. The maximum absolute atomic E-state index is 5.95. The minimum absolute atomic E-state index is 0.128. The van der Waals surface area contributed by atoms with Crippen LogP contribution in [0.4, 0.5) is 0 Å². The second-order valence-electron chi connectivity index (χ2n) is 7.10. The lowest BCUT2D eigenvalue weighted by Crippen LogP contribution is -2.36. The predicted molar refractivity (Wildman–Crippen MR) is 114 cm³/mol. The van der Waals surface area contributed by atoms with Crippen LogP contribution in [0.15, 0.2) is 29.4 Å². The molecule has 0 aliphatic carbocycles. The SMILES string of the molecule is CN=C(NCc1ccc(C)cc1OC(C)C)NCc1ncc(C)c(OC)c1C. The zero-order valence-electron chi connectivity index (χ0n) is 18.0. The van der Waals surface area contributed by atoms with E-state index in [2.05, 4.69) is 45.7 Å².